The molecule has 0 atom stereocenters. The highest BCUT2D eigenvalue weighted by Crippen LogP contribution is 2.35. The Bertz CT molecular complexity index is 934. The average Bonchev–Trinajstić information content (AvgIpc) is 3.13. The Hall–Kier alpha value is -2.51. The maximum Gasteiger partial charge on any atom is 0.242 e. The zero-order valence-electron chi connectivity index (χ0n) is 15.7. The summed E-state index contributed by atoms with van der Waals surface area (Å²) >= 11 is 1.65. The molecule has 1 aromatic carbocycles. The van der Waals surface area contributed by atoms with Crippen molar-refractivity contribution in [1.82, 2.24) is 14.9 Å². The highest BCUT2D eigenvalue weighted by molar-refractivity contribution is 7.21. The normalized spacial score (nSPS) is 15.3. The van der Waals surface area contributed by atoms with Crippen LogP contribution in [0.3, 0.4) is 0 Å². The van der Waals surface area contributed by atoms with Crippen molar-refractivity contribution in [3.63, 3.8) is 0 Å². The minimum absolute atomic E-state index is 0.162. The van der Waals surface area contributed by atoms with Crippen molar-refractivity contribution in [3.8, 4) is 10.4 Å². The van der Waals surface area contributed by atoms with Gasteiger partial charge in [0, 0.05) is 11.9 Å². The Morgan fingerprint density at radius 3 is 2.70 bits per heavy atom. The van der Waals surface area contributed by atoms with Crippen molar-refractivity contribution >= 4 is 33.3 Å². The summed E-state index contributed by atoms with van der Waals surface area (Å²) in [7, 11) is 4.10. The number of hydrogen-bond acceptors (Lipinski definition) is 5. The van der Waals surface area contributed by atoms with Gasteiger partial charge >= 0.3 is 0 Å². The van der Waals surface area contributed by atoms with E-state index in [1.165, 1.54) is 10.5 Å². The van der Waals surface area contributed by atoms with Crippen LogP contribution in [0.2, 0.25) is 0 Å². The van der Waals surface area contributed by atoms with E-state index in [1.807, 2.05) is 35.0 Å². The number of carbonyl (C=O) groups is 1. The van der Waals surface area contributed by atoms with Gasteiger partial charge in [0.25, 0.3) is 0 Å². The van der Waals surface area contributed by atoms with E-state index in [4.69, 9.17) is 0 Å². The number of quaternary nitrogens is 1. The molecule has 140 valence electrons. The molecule has 1 aliphatic heterocycles. The molecule has 0 bridgehead atoms. The number of fused-ring (bicyclic) bond motifs is 1. The maximum absolute atomic E-state index is 12.7. The number of amides is 1. The Balaban J connectivity index is 1.56. The lowest BCUT2D eigenvalue weighted by Crippen LogP contribution is -3.12. The van der Waals surface area contributed by atoms with E-state index in [1.54, 1.807) is 17.7 Å². The lowest BCUT2D eigenvalue weighted by molar-refractivity contribution is -0.883. The lowest BCUT2D eigenvalue weighted by Gasteiger charge is -2.31. The van der Waals surface area contributed by atoms with Crippen molar-refractivity contribution in [2.75, 3.05) is 51.7 Å². The average molecular weight is 383 g/mol. The van der Waals surface area contributed by atoms with Crippen LogP contribution in [-0.4, -0.2) is 67.6 Å². The van der Waals surface area contributed by atoms with Gasteiger partial charge in [-0.3, -0.25) is 4.79 Å². The third-order valence-corrected chi connectivity index (χ3v) is 6.16. The summed E-state index contributed by atoms with van der Waals surface area (Å²) in [5, 5.41) is 1.000. The van der Waals surface area contributed by atoms with E-state index in [0.29, 0.717) is 6.54 Å². The maximum atomic E-state index is 12.7. The molecule has 1 N–H and O–H groups in total. The largest absolute Gasteiger partial charge is 0.350 e. The fourth-order valence-corrected chi connectivity index (χ4v) is 4.41. The summed E-state index contributed by atoms with van der Waals surface area (Å²) in [6, 6.07) is 12.4. The van der Waals surface area contributed by atoms with Crippen molar-refractivity contribution in [3.05, 3.63) is 42.7 Å². The fraction of sp³-hybridized carbons (Fsp3) is 0.350. The van der Waals surface area contributed by atoms with Crippen LogP contribution >= 0.6 is 11.3 Å². The van der Waals surface area contributed by atoms with Gasteiger partial charge in [-0.2, -0.15) is 0 Å². The first-order valence-corrected chi connectivity index (χ1v) is 10.0. The van der Waals surface area contributed by atoms with Crippen LogP contribution in [-0.2, 0) is 4.79 Å². The van der Waals surface area contributed by atoms with E-state index in [0.717, 1.165) is 47.1 Å². The number of benzene rings is 1. The second kappa shape index (κ2) is 7.62. The Labute approximate surface area is 163 Å². The van der Waals surface area contributed by atoms with Crippen LogP contribution < -0.4 is 9.80 Å². The highest BCUT2D eigenvalue weighted by atomic mass is 32.1. The Morgan fingerprint density at radius 1 is 1.22 bits per heavy atom. The van der Waals surface area contributed by atoms with E-state index >= 15 is 0 Å². The van der Waals surface area contributed by atoms with Gasteiger partial charge in [-0.1, -0.05) is 30.3 Å². The quantitative estimate of drug-likeness (QED) is 0.736. The topological polar surface area (TPSA) is 53.8 Å². The van der Waals surface area contributed by atoms with E-state index < -0.39 is 0 Å². The number of thiophene rings is 1. The Morgan fingerprint density at radius 2 is 1.96 bits per heavy atom. The number of anilines is 1. The highest BCUT2D eigenvalue weighted by Gasteiger charge is 2.23. The van der Waals surface area contributed by atoms with Gasteiger partial charge in [-0.05, 0) is 11.6 Å². The second-order valence-electron chi connectivity index (χ2n) is 7.09. The summed E-state index contributed by atoms with van der Waals surface area (Å²) in [5.41, 5.74) is 1.17. The van der Waals surface area contributed by atoms with Crippen molar-refractivity contribution in [2.45, 2.75) is 0 Å². The van der Waals surface area contributed by atoms with Crippen LogP contribution in [0.1, 0.15) is 0 Å². The molecule has 1 aliphatic rings. The number of likely N-dealkylation sites (N-methyl/N-ethyl adjacent to an activating group) is 2. The van der Waals surface area contributed by atoms with Crippen LogP contribution in [0, 0.1) is 0 Å². The predicted molar refractivity (Wildman–Crippen MR) is 109 cm³/mol. The molecule has 1 amide bonds. The molecule has 4 rings (SSSR count). The molecule has 1 fully saturated rings. The minimum Gasteiger partial charge on any atom is -0.350 e. The van der Waals surface area contributed by atoms with Gasteiger partial charge in [-0.15, -0.1) is 11.3 Å². The third kappa shape index (κ3) is 3.79. The molecule has 27 heavy (non-hydrogen) atoms. The first-order valence-electron chi connectivity index (χ1n) is 9.22. The predicted octanol–water partition coefficient (Wildman–Crippen LogP) is 1.15. The number of carbonyl (C=O) groups excluding carboxylic acids is 1. The van der Waals surface area contributed by atoms with Crippen LogP contribution in [0.4, 0.5) is 5.82 Å². The molecule has 7 heteroatoms. The number of rotatable bonds is 4. The van der Waals surface area contributed by atoms with Gasteiger partial charge in [0.05, 0.1) is 45.2 Å². The Kier molecular flexibility index (Phi) is 5.05. The molecule has 1 saturated heterocycles. The molecule has 0 radical (unpaired) electrons. The third-order valence-electron chi connectivity index (χ3n) is 5.07. The molecule has 0 saturated carbocycles. The number of aromatic nitrogens is 2. The number of nitrogens with one attached hydrogen (secondary N) is 1. The van der Waals surface area contributed by atoms with Gasteiger partial charge in [0.2, 0.25) is 5.91 Å². The molecule has 0 unspecified atom stereocenters. The standard InChI is InChI=1S/C20H23N5OS/c1-23-8-10-25(11-9-23)18(26)13-24(2)19-16-12-17(15-6-4-3-5-7-15)27-20(16)22-14-21-19/h3-7,12,14H,8-11,13H2,1-2H3/p+1. The summed E-state index contributed by atoms with van der Waals surface area (Å²) in [6.07, 6.45) is 1.59. The molecule has 0 aliphatic carbocycles. The van der Waals surface area contributed by atoms with E-state index in [2.05, 4.69) is 35.2 Å². The minimum atomic E-state index is 0.162. The molecular formula is C20H24N5OS+. The number of nitrogens with zero attached hydrogens (tertiary/aromatic N) is 4. The number of hydrogen-bond donors (Lipinski definition) is 1. The molecule has 3 heterocycles. The first kappa shape index (κ1) is 17.9. The van der Waals surface area contributed by atoms with Crippen molar-refractivity contribution in [1.29, 1.82) is 0 Å². The van der Waals surface area contributed by atoms with Crippen LogP contribution in [0.5, 0.6) is 0 Å². The van der Waals surface area contributed by atoms with Gasteiger partial charge < -0.3 is 14.7 Å². The van der Waals surface area contributed by atoms with Gasteiger partial charge in [-0.25, -0.2) is 9.97 Å². The number of piperazine rings is 1. The zero-order valence-corrected chi connectivity index (χ0v) is 16.5. The fourth-order valence-electron chi connectivity index (χ4n) is 3.41. The molecule has 0 spiro atoms. The molecule has 2 aromatic heterocycles. The van der Waals surface area contributed by atoms with Crippen molar-refractivity contribution in [2.24, 2.45) is 0 Å². The molecular weight excluding hydrogens is 358 g/mol. The zero-order chi connectivity index (χ0) is 18.8. The SMILES string of the molecule is CN(CC(=O)N1CC[NH+](C)CC1)c1ncnc2sc(-c3ccccc3)cc12. The second-order valence-corrected chi connectivity index (χ2v) is 8.12. The van der Waals surface area contributed by atoms with Crippen molar-refractivity contribution < 1.29 is 9.69 Å². The first-order chi connectivity index (χ1) is 13.1. The molecule has 3 aromatic rings. The lowest BCUT2D eigenvalue weighted by atomic mass is 10.2. The van der Waals surface area contributed by atoms with Gasteiger partial charge in [0.1, 0.15) is 17.0 Å². The summed E-state index contributed by atoms with van der Waals surface area (Å²) in [6.45, 7) is 4.01. The summed E-state index contributed by atoms with van der Waals surface area (Å²) in [5.74, 6) is 0.974. The van der Waals surface area contributed by atoms with Crippen LogP contribution in [0.15, 0.2) is 42.7 Å². The smallest absolute Gasteiger partial charge is 0.242 e. The van der Waals surface area contributed by atoms with E-state index in [-0.39, 0.29) is 5.91 Å². The molecule has 6 nitrogen and oxygen atoms in total. The monoisotopic (exact) mass is 382 g/mol. The van der Waals surface area contributed by atoms with Gasteiger partial charge in [0.15, 0.2) is 0 Å². The van der Waals surface area contributed by atoms with Crippen LogP contribution in [0.25, 0.3) is 20.7 Å². The van der Waals surface area contributed by atoms with E-state index in [9.17, 15) is 4.79 Å². The summed E-state index contributed by atoms with van der Waals surface area (Å²) < 4.78 is 0. The summed E-state index contributed by atoms with van der Waals surface area (Å²) in [4.78, 5) is 29.1.